The molecule has 2 heterocycles. The number of nitrogens with zero attached hydrogens (tertiary/aromatic N) is 2. The summed E-state index contributed by atoms with van der Waals surface area (Å²) in [5, 5.41) is 11.5. The highest BCUT2D eigenvalue weighted by atomic mass is 79.9. The van der Waals surface area contributed by atoms with E-state index in [1.54, 1.807) is 19.2 Å². The molecule has 156 valence electrons. The summed E-state index contributed by atoms with van der Waals surface area (Å²) < 4.78 is 5.89. The molecule has 0 radical (unpaired) electrons. The number of benzene rings is 1. The molecule has 0 aromatic heterocycles. The Labute approximate surface area is 192 Å². The van der Waals surface area contributed by atoms with Crippen molar-refractivity contribution in [1.82, 2.24) is 0 Å². The molecule has 1 aliphatic carbocycles. The van der Waals surface area contributed by atoms with Crippen molar-refractivity contribution in [2.75, 3.05) is 22.6 Å². The van der Waals surface area contributed by atoms with Crippen LogP contribution >= 0.6 is 31.9 Å². The van der Waals surface area contributed by atoms with Crippen LogP contribution < -0.4 is 10.6 Å². The van der Waals surface area contributed by atoms with Gasteiger partial charge in [0.25, 0.3) is 0 Å². The number of allylic oxidation sites excluding steroid dienone is 1. The summed E-state index contributed by atoms with van der Waals surface area (Å²) in [6, 6.07) is 9.33. The summed E-state index contributed by atoms with van der Waals surface area (Å²) >= 11 is 7.02. The van der Waals surface area contributed by atoms with Gasteiger partial charge in [-0.15, -0.1) is 0 Å². The average molecular weight is 535 g/mol. The first kappa shape index (κ1) is 21.1. The zero-order valence-corrected chi connectivity index (χ0v) is 19.7. The van der Waals surface area contributed by atoms with Crippen LogP contribution in [0.5, 0.6) is 0 Å². The second-order valence-electron chi connectivity index (χ2n) is 8.04. The van der Waals surface area contributed by atoms with E-state index in [1.807, 2.05) is 12.1 Å². The molecule has 6 nitrogen and oxygen atoms in total. The van der Waals surface area contributed by atoms with Crippen LogP contribution in [0.4, 0.5) is 5.69 Å². The highest BCUT2D eigenvalue weighted by Gasteiger charge is 2.62. The minimum Gasteiger partial charge on any atom is -0.444 e. The summed E-state index contributed by atoms with van der Waals surface area (Å²) in [5.74, 6) is -0.184. The Hall–Kier alpha value is -2.11. The van der Waals surface area contributed by atoms with Crippen molar-refractivity contribution in [3.8, 4) is 6.07 Å². The van der Waals surface area contributed by atoms with Gasteiger partial charge in [-0.1, -0.05) is 50.1 Å². The van der Waals surface area contributed by atoms with Crippen molar-refractivity contribution in [2.45, 2.75) is 31.1 Å². The van der Waals surface area contributed by atoms with Crippen LogP contribution in [0.3, 0.4) is 0 Å². The number of hydrogen-bond donors (Lipinski definition) is 1. The van der Waals surface area contributed by atoms with Crippen molar-refractivity contribution in [3.63, 3.8) is 0 Å². The standard InChI is InChI=1S/C22H21Br2N3O3/c1-27-15-5-3-2-4-13(15)22(20(27)29)14(12-25)19(26)30-17-11-21(6-8-23,7-9-24)10-16(28)18(17)22/h2-5H,6-11,26H2,1H3. The van der Waals surface area contributed by atoms with Gasteiger partial charge >= 0.3 is 0 Å². The number of anilines is 1. The number of rotatable bonds is 4. The molecule has 0 fully saturated rings. The van der Waals surface area contributed by atoms with Gasteiger partial charge in [0.05, 0.1) is 5.57 Å². The molecular weight excluding hydrogens is 514 g/mol. The van der Waals surface area contributed by atoms with Gasteiger partial charge in [-0.3, -0.25) is 9.59 Å². The molecule has 0 saturated heterocycles. The zero-order chi connectivity index (χ0) is 21.7. The second-order valence-corrected chi connectivity index (χ2v) is 9.62. The van der Waals surface area contributed by atoms with Crippen LogP contribution in [0.1, 0.15) is 31.2 Å². The van der Waals surface area contributed by atoms with Crippen molar-refractivity contribution < 1.29 is 14.3 Å². The maximum absolute atomic E-state index is 13.7. The fraction of sp³-hybridized carbons (Fsp3) is 0.409. The number of fused-ring (bicyclic) bond motifs is 3. The number of amides is 1. The Morgan fingerprint density at radius 2 is 1.87 bits per heavy atom. The lowest BCUT2D eigenvalue weighted by Gasteiger charge is -2.43. The predicted octanol–water partition coefficient (Wildman–Crippen LogP) is 3.80. The first-order valence-corrected chi connectivity index (χ1v) is 11.9. The third-order valence-corrected chi connectivity index (χ3v) is 7.31. The monoisotopic (exact) mass is 533 g/mol. The van der Waals surface area contributed by atoms with Crippen LogP contribution in [0.2, 0.25) is 0 Å². The van der Waals surface area contributed by atoms with Gasteiger partial charge in [0.2, 0.25) is 11.8 Å². The predicted molar refractivity (Wildman–Crippen MR) is 120 cm³/mol. The highest BCUT2D eigenvalue weighted by Crippen LogP contribution is 2.58. The van der Waals surface area contributed by atoms with E-state index in [2.05, 4.69) is 37.9 Å². The van der Waals surface area contributed by atoms with Crippen molar-refractivity contribution in [2.24, 2.45) is 11.1 Å². The number of likely N-dealkylation sites (N-methyl/N-ethyl adjacent to an activating group) is 1. The van der Waals surface area contributed by atoms with E-state index < -0.39 is 5.41 Å². The molecule has 8 heteroatoms. The Balaban J connectivity index is 2.00. The summed E-state index contributed by atoms with van der Waals surface area (Å²) in [6.07, 6.45) is 2.37. The lowest BCUT2D eigenvalue weighted by molar-refractivity contribution is -0.126. The summed E-state index contributed by atoms with van der Waals surface area (Å²) in [6.45, 7) is 0. The number of nitrogens with two attached hydrogens (primary N) is 1. The Bertz CT molecular complexity index is 1050. The maximum atomic E-state index is 13.7. The second kappa shape index (κ2) is 7.54. The van der Waals surface area contributed by atoms with Gasteiger partial charge in [0.15, 0.2) is 5.78 Å². The molecule has 4 rings (SSSR count). The molecule has 0 bridgehead atoms. The third kappa shape index (κ3) is 2.71. The van der Waals surface area contributed by atoms with Gasteiger partial charge in [0, 0.05) is 41.8 Å². The largest absolute Gasteiger partial charge is 0.444 e. The third-order valence-electron chi connectivity index (χ3n) is 6.51. The number of para-hydroxylation sites is 1. The molecule has 1 aromatic carbocycles. The van der Waals surface area contributed by atoms with Gasteiger partial charge in [-0.05, 0) is 24.3 Å². The van der Waals surface area contributed by atoms with Gasteiger partial charge < -0.3 is 15.4 Å². The fourth-order valence-electron chi connectivity index (χ4n) is 5.14. The van der Waals surface area contributed by atoms with Crippen molar-refractivity contribution in [1.29, 1.82) is 5.26 Å². The average Bonchev–Trinajstić information content (AvgIpc) is 2.91. The molecule has 0 saturated carbocycles. The van der Waals surface area contributed by atoms with Crippen LogP contribution in [-0.2, 0) is 19.7 Å². The fourth-order valence-corrected chi connectivity index (χ4v) is 6.82. The quantitative estimate of drug-likeness (QED) is 0.593. The van der Waals surface area contributed by atoms with Crippen LogP contribution in [0.15, 0.2) is 47.1 Å². The van der Waals surface area contributed by atoms with E-state index in [0.29, 0.717) is 29.9 Å². The number of ether oxygens (including phenoxy) is 1. The maximum Gasteiger partial charge on any atom is 0.247 e. The minimum atomic E-state index is -1.54. The topological polar surface area (TPSA) is 96.4 Å². The molecule has 1 atom stereocenters. The summed E-state index contributed by atoms with van der Waals surface area (Å²) in [7, 11) is 1.66. The lowest BCUT2D eigenvalue weighted by atomic mass is 9.60. The summed E-state index contributed by atoms with van der Waals surface area (Å²) in [4.78, 5) is 28.9. The molecule has 1 amide bonds. The molecule has 2 N–H and O–H groups in total. The highest BCUT2D eigenvalue weighted by molar-refractivity contribution is 9.09. The summed E-state index contributed by atoms with van der Waals surface area (Å²) in [5.41, 5.74) is 5.91. The Morgan fingerprint density at radius 1 is 1.20 bits per heavy atom. The number of carbonyl (C=O) groups is 2. The molecule has 30 heavy (non-hydrogen) atoms. The molecule has 2 aliphatic heterocycles. The first-order chi connectivity index (χ1) is 14.4. The number of alkyl halides is 2. The molecular formula is C22H21Br2N3O3. The minimum absolute atomic E-state index is 0.00937. The van der Waals surface area contributed by atoms with Gasteiger partial charge in [-0.25, -0.2) is 0 Å². The lowest BCUT2D eigenvalue weighted by Crippen LogP contribution is -2.50. The molecule has 3 aliphatic rings. The number of carbonyl (C=O) groups excluding carboxylic acids is 2. The van der Waals surface area contributed by atoms with E-state index in [1.165, 1.54) is 4.90 Å². The van der Waals surface area contributed by atoms with E-state index in [4.69, 9.17) is 10.5 Å². The van der Waals surface area contributed by atoms with E-state index in [0.717, 1.165) is 23.5 Å². The number of halogens is 2. The molecule has 1 aromatic rings. The van der Waals surface area contributed by atoms with E-state index in [9.17, 15) is 14.9 Å². The van der Waals surface area contributed by atoms with E-state index >= 15 is 0 Å². The first-order valence-electron chi connectivity index (χ1n) is 9.71. The Kier molecular flexibility index (Phi) is 5.31. The van der Waals surface area contributed by atoms with Gasteiger partial charge in [-0.2, -0.15) is 5.26 Å². The number of nitriles is 1. The number of ketones is 1. The van der Waals surface area contributed by atoms with E-state index in [-0.39, 0.29) is 34.1 Å². The SMILES string of the molecule is CN1C(=O)C2(C(C#N)=C(N)OC3=C2C(=O)CC(CCBr)(CCBr)C3)c2ccccc21. The van der Waals surface area contributed by atoms with Crippen molar-refractivity contribution in [3.05, 3.63) is 52.6 Å². The van der Waals surface area contributed by atoms with Gasteiger partial charge in [0.1, 0.15) is 22.8 Å². The molecule has 1 unspecified atom stereocenters. The van der Waals surface area contributed by atoms with Crippen LogP contribution in [0.25, 0.3) is 0 Å². The number of Topliss-reactive ketones (excluding diaryl/α,β-unsaturated/α-hetero) is 1. The van der Waals surface area contributed by atoms with Crippen LogP contribution in [0, 0.1) is 16.7 Å². The van der Waals surface area contributed by atoms with Crippen molar-refractivity contribution >= 4 is 49.2 Å². The molecule has 1 spiro atoms. The normalized spacial score (nSPS) is 24.7. The zero-order valence-electron chi connectivity index (χ0n) is 16.5. The number of hydrogen-bond acceptors (Lipinski definition) is 5. The smallest absolute Gasteiger partial charge is 0.247 e. The Morgan fingerprint density at radius 3 is 2.50 bits per heavy atom. The van der Waals surface area contributed by atoms with Crippen LogP contribution in [-0.4, -0.2) is 29.4 Å².